The second-order valence-corrected chi connectivity index (χ2v) is 5.36. The number of rotatable bonds is 6. The highest BCUT2D eigenvalue weighted by Crippen LogP contribution is 2.42. The van der Waals surface area contributed by atoms with Gasteiger partial charge in [-0.15, -0.1) is 0 Å². The third-order valence-electron chi connectivity index (χ3n) is 2.75. The Balaban J connectivity index is 2.45. The van der Waals surface area contributed by atoms with Gasteiger partial charge < -0.3 is 20.5 Å². The first-order valence-corrected chi connectivity index (χ1v) is 7.16. The van der Waals surface area contributed by atoms with Gasteiger partial charge in [0.25, 0.3) is 0 Å². The first-order valence-electron chi connectivity index (χ1n) is 6.09. The lowest BCUT2D eigenvalue weighted by molar-refractivity contribution is 0.159. The van der Waals surface area contributed by atoms with Crippen LogP contribution < -0.4 is 20.5 Å². The second-order valence-electron chi connectivity index (χ2n) is 4.11. The van der Waals surface area contributed by atoms with Crippen molar-refractivity contribution in [1.29, 1.82) is 0 Å². The average molecular weight is 424 g/mol. The number of alkyl halides is 2. The largest absolute Gasteiger partial charge is 0.459 e. The summed E-state index contributed by atoms with van der Waals surface area (Å²) in [6, 6.07) is 7.26. The normalized spacial score (nSPS) is 10.4. The summed E-state index contributed by atoms with van der Waals surface area (Å²) in [6.45, 7) is -2.29. The summed E-state index contributed by atoms with van der Waals surface area (Å²) < 4.78 is 49.1. The average Bonchev–Trinajstić information content (AvgIpc) is 2.48. The lowest BCUT2D eigenvalue weighted by Crippen LogP contribution is -2.05. The minimum Gasteiger partial charge on any atom is -0.459 e. The predicted molar refractivity (Wildman–Crippen MR) is 86.5 cm³/mol. The molecule has 118 valence electrons. The molecule has 0 aliphatic rings. The molecule has 2 aromatic carbocycles. The second kappa shape index (κ2) is 7.43. The van der Waals surface area contributed by atoms with E-state index in [-0.39, 0.29) is 28.6 Å². The van der Waals surface area contributed by atoms with Crippen LogP contribution in [0, 0.1) is 9.39 Å². The fourth-order valence-corrected chi connectivity index (χ4v) is 2.26. The molecule has 0 saturated heterocycles. The van der Waals surface area contributed by atoms with Crippen LogP contribution in [0.25, 0.3) is 0 Å². The van der Waals surface area contributed by atoms with E-state index < -0.39 is 19.5 Å². The van der Waals surface area contributed by atoms with Crippen LogP contribution in [0.4, 0.5) is 30.2 Å². The molecule has 2 aromatic rings. The molecule has 0 spiro atoms. The van der Waals surface area contributed by atoms with Gasteiger partial charge in [0.1, 0.15) is 11.5 Å². The van der Waals surface area contributed by atoms with Crippen molar-refractivity contribution in [3.8, 4) is 11.5 Å². The van der Waals surface area contributed by atoms with E-state index in [0.29, 0.717) is 3.57 Å². The summed E-state index contributed by atoms with van der Waals surface area (Å²) in [4.78, 5) is 0. The number of ether oxygens (including phenoxy) is 2. The minimum absolute atomic E-state index is 0.0391. The highest BCUT2D eigenvalue weighted by atomic mass is 127. The monoisotopic (exact) mass is 424 g/mol. The quantitative estimate of drug-likeness (QED) is 0.535. The van der Waals surface area contributed by atoms with Crippen molar-refractivity contribution in [2.24, 2.45) is 0 Å². The maximum Gasteiger partial charge on any atom is 0.228 e. The minimum atomic E-state index is -1.17. The van der Waals surface area contributed by atoms with E-state index in [4.69, 9.17) is 15.2 Å². The van der Waals surface area contributed by atoms with E-state index in [9.17, 15) is 13.2 Å². The van der Waals surface area contributed by atoms with Crippen LogP contribution in [0.2, 0.25) is 0 Å². The molecule has 0 radical (unpaired) electrons. The fraction of sp³-hybridized carbons (Fsp3) is 0.143. The molecule has 0 amide bonds. The smallest absolute Gasteiger partial charge is 0.228 e. The van der Waals surface area contributed by atoms with Crippen LogP contribution in [0.3, 0.4) is 0 Å². The lowest BCUT2D eigenvalue weighted by atomic mass is 10.2. The van der Waals surface area contributed by atoms with E-state index in [2.05, 4.69) is 5.32 Å². The van der Waals surface area contributed by atoms with Gasteiger partial charge in [-0.1, -0.05) is 0 Å². The number of hydrogen-bond donors (Lipinski definition) is 2. The third-order valence-corrected chi connectivity index (χ3v) is 3.42. The standard InChI is InChI=1S/C14H12F3IN2O2/c15-6-21-12-4-2-10(19)13(14(12)22-7-16)20-11-3-1-8(18)5-9(11)17/h1-5,20H,6-7,19H2. The van der Waals surface area contributed by atoms with Crippen molar-refractivity contribution in [3.05, 3.63) is 39.7 Å². The Hall–Kier alpha value is -1.84. The Morgan fingerprint density at radius 2 is 1.82 bits per heavy atom. The Kier molecular flexibility index (Phi) is 5.58. The van der Waals surface area contributed by atoms with Crippen LogP contribution in [0.1, 0.15) is 0 Å². The van der Waals surface area contributed by atoms with E-state index in [1.54, 1.807) is 6.07 Å². The zero-order valence-corrected chi connectivity index (χ0v) is 13.4. The van der Waals surface area contributed by atoms with Crippen LogP contribution in [0.5, 0.6) is 11.5 Å². The van der Waals surface area contributed by atoms with Crippen molar-refractivity contribution in [2.75, 3.05) is 24.8 Å². The molecule has 4 nitrogen and oxygen atoms in total. The zero-order valence-electron chi connectivity index (χ0n) is 11.2. The summed E-state index contributed by atoms with van der Waals surface area (Å²) in [5.41, 5.74) is 6.20. The summed E-state index contributed by atoms with van der Waals surface area (Å²) in [5, 5.41) is 2.72. The van der Waals surface area contributed by atoms with E-state index in [0.717, 1.165) is 0 Å². The predicted octanol–water partition coefficient (Wildman–Crippen LogP) is 4.37. The van der Waals surface area contributed by atoms with Crippen LogP contribution in [-0.4, -0.2) is 13.7 Å². The number of benzene rings is 2. The highest BCUT2D eigenvalue weighted by Gasteiger charge is 2.17. The first kappa shape index (κ1) is 16.5. The zero-order chi connectivity index (χ0) is 16.1. The SMILES string of the molecule is Nc1ccc(OCF)c(OCF)c1Nc1ccc(I)cc1F. The molecule has 0 bridgehead atoms. The van der Waals surface area contributed by atoms with Gasteiger partial charge in [0, 0.05) is 3.57 Å². The molecule has 8 heteroatoms. The molecule has 0 aliphatic heterocycles. The van der Waals surface area contributed by atoms with Crippen molar-refractivity contribution in [1.82, 2.24) is 0 Å². The number of nitrogen functional groups attached to an aromatic ring is 1. The summed E-state index contributed by atoms with van der Waals surface area (Å²) >= 11 is 1.97. The van der Waals surface area contributed by atoms with E-state index >= 15 is 0 Å². The number of anilines is 3. The molecule has 2 rings (SSSR count). The van der Waals surface area contributed by atoms with Crippen LogP contribution in [0.15, 0.2) is 30.3 Å². The van der Waals surface area contributed by atoms with E-state index in [1.807, 2.05) is 22.6 Å². The van der Waals surface area contributed by atoms with Crippen molar-refractivity contribution < 1.29 is 22.6 Å². The topological polar surface area (TPSA) is 56.5 Å². The van der Waals surface area contributed by atoms with Gasteiger partial charge in [-0.25, -0.2) is 13.2 Å². The number of hydrogen-bond acceptors (Lipinski definition) is 4. The Morgan fingerprint density at radius 1 is 1.09 bits per heavy atom. The Bertz CT molecular complexity index is 671. The van der Waals surface area contributed by atoms with Crippen molar-refractivity contribution >= 4 is 39.7 Å². The number of nitrogens with two attached hydrogens (primary N) is 1. The van der Waals surface area contributed by atoms with E-state index in [1.165, 1.54) is 24.3 Å². The maximum atomic E-state index is 13.9. The van der Waals surface area contributed by atoms with Gasteiger partial charge in [0.15, 0.2) is 11.5 Å². The maximum absolute atomic E-state index is 13.9. The summed E-state index contributed by atoms with van der Waals surface area (Å²) in [6.07, 6.45) is 0. The molecule has 0 fully saturated rings. The molecule has 0 saturated carbocycles. The molecule has 0 atom stereocenters. The molecule has 0 heterocycles. The van der Waals surface area contributed by atoms with Gasteiger partial charge in [-0.2, -0.15) is 0 Å². The molecule has 0 unspecified atom stereocenters. The number of halogens is 4. The number of nitrogens with one attached hydrogen (secondary N) is 1. The highest BCUT2D eigenvalue weighted by molar-refractivity contribution is 14.1. The molecular weight excluding hydrogens is 412 g/mol. The summed E-state index contributed by atoms with van der Waals surface area (Å²) in [5.74, 6) is -0.685. The molecule has 22 heavy (non-hydrogen) atoms. The Morgan fingerprint density at radius 3 is 2.45 bits per heavy atom. The van der Waals surface area contributed by atoms with Gasteiger partial charge in [0.2, 0.25) is 13.7 Å². The third kappa shape index (κ3) is 3.67. The summed E-state index contributed by atoms with van der Waals surface area (Å²) in [7, 11) is 0. The molecular formula is C14H12F3IN2O2. The Labute approximate surface area is 138 Å². The lowest BCUT2D eigenvalue weighted by Gasteiger charge is -2.17. The fourth-order valence-electron chi connectivity index (χ4n) is 1.80. The molecule has 3 N–H and O–H groups in total. The van der Waals surface area contributed by atoms with Crippen molar-refractivity contribution in [2.45, 2.75) is 0 Å². The van der Waals surface area contributed by atoms with Crippen molar-refractivity contribution in [3.63, 3.8) is 0 Å². The van der Waals surface area contributed by atoms with Crippen LogP contribution in [-0.2, 0) is 0 Å². The van der Waals surface area contributed by atoms with Gasteiger partial charge in [-0.3, -0.25) is 0 Å². The molecule has 0 aliphatic carbocycles. The first-order chi connectivity index (χ1) is 10.6. The van der Waals surface area contributed by atoms with Gasteiger partial charge >= 0.3 is 0 Å². The van der Waals surface area contributed by atoms with Gasteiger partial charge in [0.05, 0.1) is 11.4 Å². The van der Waals surface area contributed by atoms with Crippen LogP contribution >= 0.6 is 22.6 Å². The van der Waals surface area contributed by atoms with Gasteiger partial charge in [-0.05, 0) is 52.9 Å². The molecule has 0 aromatic heterocycles.